The molecule has 2 aliphatic rings. The van der Waals surface area contributed by atoms with E-state index in [1.54, 1.807) is 6.92 Å². The van der Waals surface area contributed by atoms with Crippen LogP contribution in [0.2, 0.25) is 5.02 Å². The van der Waals surface area contributed by atoms with Gasteiger partial charge >= 0.3 is 0 Å². The van der Waals surface area contributed by atoms with Crippen LogP contribution in [-0.4, -0.2) is 42.1 Å². The molecule has 0 saturated carbocycles. The lowest BCUT2D eigenvalue weighted by Crippen LogP contribution is -2.44. The summed E-state index contributed by atoms with van der Waals surface area (Å²) in [5, 5.41) is 3.58. The highest BCUT2D eigenvalue weighted by Crippen LogP contribution is 2.39. The third-order valence-electron chi connectivity index (χ3n) is 5.86. The Labute approximate surface area is 171 Å². The number of amides is 1. The number of likely N-dealkylation sites (tertiary alicyclic amines) is 1. The zero-order chi connectivity index (χ0) is 19.6. The summed E-state index contributed by atoms with van der Waals surface area (Å²) in [6.07, 6.45) is 4.32. The molecule has 0 bridgehead atoms. The number of carbonyl (C=O) groups is 1. The Hall–Kier alpha value is -1.82. The first-order valence-corrected chi connectivity index (χ1v) is 10.4. The molecule has 0 unspecified atom stereocenters. The molecule has 1 aromatic heterocycles. The fourth-order valence-electron chi connectivity index (χ4n) is 4.27. The van der Waals surface area contributed by atoms with Crippen LogP contribution < -0.4 is 5.32 Å². The Bertz CT molecular complexity index is 827. The van der Waals surface area contributed by atoms with Gasteiger partial charge in [-0.1, -0.05) is 23.7 Å². The Morgan fingerprint density at radius 3 is 2.75 bits per heavy atom. The second kappa shape index (κ2) is 8.27. The minimum Gasteiger partial charge on any atom is -0.460 e. The quantitative estimate of drug-likeness (QED) is 0.812. The number of hydrogen-bond acceptors (Lipinski definition) is 4. The predicted octanol–water partition coefficient (Wildman–Crippen LogP) is 4.25. The molecule has 2 aromatic rings. The molecule has 1 atom stereocenters. The average molecular weight is 403 g/mol. The van der Waals surface area contributed by atoms with Crippen molar-refractivity contribution in [2.75, 3.05) is 19.6 Å². The third kappa shape index (κ3) is 4.43. The molecule has 6 heteroatoms. The molecular weight excluding hydrogens is 376 g/mol. The number of rotatable bonds is 5. The number of ether oxygens (including phenoxy) is 1. The summed E-state index contributed by atoms with van der Waals surface area (Å²) in [6.45, 7) is 4.97. The van der Waals surface area contributed by atoms with Crippen molar-refractivity contribution in [1.29, 1.82) is 0 Å². The van der Waals surface area contributed by atoms with Gasteiger partial charge < -0.3 is 14.5 Å². The molecule has 150 valence electrons. The van der Waals surface area contributed by atoms with E-state index in [2.05, 4.69) is 10.2 Å². The monoisotopic (exact) mass is 402 g/mol. The van der Waals surface area contributed by atoms with E-state index in [4.69, 9.17) is 20.8 Å². The molecule has 2 saturated heterocycles. The van der Waals surface area contributed by atoms with Gasteiger partial charge in [0, 0.05) is 32.1 Å². The van der Waals surface area contributed by atoms with Crippen molar-refractivity contribution in [1.82, 2.24) is 10.2 Å². The first-order chi connectivity index (χ1) is 13.5. The summed E-state index contributed by atoms with van der Waals surface area (Å²) >= 11 is 6.27. The van der Waals surface area contributed by atoms with Crippen molar-refractivity contribution in [3.8, 4) is 11.3 Å². The topological polar surface area (TPSA) is 54.7 Å². The van der Waals surface area contributed by atoms with Crippen molar-refractivity contribution < 1.29 is 13.9 Å². The third-order valence-corrected chi connectivity index (χ3v) is 6.19. The van der Waals surface area contributed by atoms with Gasteiger partial charge in [0.15, 0.2) is 0 Å². The summed E-state index contributed by atoms with van der Waals surface area (Å²) in [6, 6.07) is 11.8. The van der Waals surface area contributed by atoms with Gasteiger partial charge in [0.1, 0.15) is 11.5 Å². The number of furan rings is 1. The van der Waals surface area contributed by atoms with E-state index in [1.807, 2.05) is 36.4 Å². The standard InChI is InChI=1S/C22H27ClN2O3/c1-16(26)24-14-17-8-9-22(28-17)10-12-25(13-11-22)15-18-6-7-21(27-18)19-4-2-3-5-20(19)23/h2-7,17H,8-15H2,1H3,(H,24,26)/t17-/m1/s1. The Balaban J connectivity index is 1.30. The van der Waals surface area contributed by atoms with E-state index < -0.39 is 0 Å². The van der Waals surface area contributed by atoms with Gasteiger partial charge in [0.05, 0.1) is 23.3 Å². The van der Waals surface area contributed by atoms with Gasteiger partial charge in [-0.2, -0.15) is 0 Å². The second-order valence-electron chi connectivity index (χ2n) is 7.92. The molecule has 1 amide bonds. The molecule has 1 N–H and O–H groups in total. The molecule has 1 spiro atoms. The SMILES string of the molecule is CC(=O)NC[C@H]1CCC2(CCN(Cc3ccc(-c4ccccc4Cl)o3)CC2)O1. The summed E-state index contributed by atoms with van der Waals surface area (Å²) in [5.41, 5.74) is 0.920. The van der Waals surface area contributed by atoms with Gasteiger partial charge in [-0.05, 0) is 49.9 Å². The largest absolute Gasteiger partial charge is 0.460 e. The first kappa shape index (κ1) is 19.5. The number of benzene rings is 1. The molecule has 1 aromatic carbocycles. The summed E-state index contributed by atoms with van der Waals surface area (Å²) in [5.74, 6) is 1.78. The highest BCUT2D eigenvalue weighted by molar-refractivity contribution is 6.33. The van der Waals surface area contributed by atoms with E-state index >= 15 is 0 Å². The van der Waals surface area contributed by atoms with Crippen LogP contribution in [-0.2, 0) is 16.1 Å². The summed E-state index contributed by atoms with van der Waals surface area (Å²) in [4.78, 5) is 13.5. The van der Waals surface area contributed by atoms with Gasteiger partial charge in [-0.3, -0.25) is 9.69 Å². The van der Waals surface area contributed by atoms with Crippen molar-refractivity contribution in [3.05, 3.63) is 47.2 Å². The highest BCUT2D eigenvalue weighted by Gasteiger charge is 2.42. The molecule has 2 fully saturated rings. The van der Waals surface area contributed by atoms with Crippen LogP contribution in [0.4, 0.5) is 0 Å². The van der Waals surface area contributed by atoms with E-state index in [1.165, 1.54) is 0 Å². The lowest BCUT2D eigenvalue weighted by atomic mass is 9.88. The van der Waals surface area contributed by atoms with Gasteiger partial charge in [0.25, 0.3) is 0 Å². The van der Waals surface area contributed by atoms with Crippen LogP contribution in [0.15, 0.2) is 40.8 Å². The van der Waals surface area contributed by atoms with Crippen LogP contribution in [0.5, 0.6) is 0 Å². The maximum atomic E-state index is 11.1. The highest BCUT2D eigenvalue weighted by atomic mass is 35.5. The van der Waals surface area contributed by atoms with E-state index in [0.29, 0.717) is 11.6 Å². The van der Waals surface area contributed by atoms with Crippen LogP contribution in [0.25, 0.3) is 11.3 Å². The number of nitrogens with one attached hydrogen (secondary N) is 1. The lowest BCUT2D eigenvalue weighted by Gasteiger charge is -2.38. The molecule has 2 aliphatic heterocycles. The normalized spacial score (nSPS) is 21.9. The zero-order valence-corrected chi connectivity index (χ0v) is 17.0. The van der Waals surface area contributed by atoms with Crippen molar-refractivity contribution in [3.63, 3.8) is 0 Å². The van der Waals surface area contributed by atoms with Crippen molar-refractivity contribution in [2.45, 2.75) is 50.9 Å². The predicted molar refractivity (Wildman–Crippen MR) is 109 cm³/mol. The fraction of sp³-hybridized carbons (Fsp3) is 0.500. The average Bonchev–Trinajstić information content (AvgIpc) is 3.30. The summed E-state index contributed by atoms with van der Waals surface area (Å²) < 4.78 is 12.4. The van der Waals surface area contributed by atoms with Crippen LogP contribution >= 0.6 is 11.6 Å². The second-order valence-corrected chi connectivity index (χ2v) is 8.33. The maximum absolute atomic E-state index is 11.1. The lowest BCUT2D eigenvalue weighted by molar-refractivity contribution is -0.120. The molecule has 28 heavy (non-hydrogen) atoms. The number of hydrogen-bond donors (Lipinski definition) is 1. The summed E-state index contributed by atoms with van der Waals surface area (Å²) in [7, 11) is 0. The smallest absolute Gasteiger partial charge is 0.216 e. The van der Waals surface area contributed by atoms with Crippen molar-refractivity contribution in [2.24, 2.45) is 0 Å². The zero-order valence-electron chi connectivity index (χ0n) is 16.2. The van der Waals surface area contributed by atoms with Gasteiger partial charge in [-0.25, -0.2) is 0 Å². The van der Waals surface area contributed by atoms with Crippen LogP contribution in [0, 0.1) is 0 Å². The first-order valence-electron chi connectivity index (χ1n) is 10.0. The maximum Gasteiger partial charge on any atom is 0.216 e. The van der Waals surface area contributed by atoms with Crippen LogP contribution in [0.3, 0.4) is 0 Å². The van der Waals surface area contributed by atoms with E-state index in [0.717, 1.165) is 62.4 Å². The molecule has 3 heterocycles. The van der Waals surface area contributed by atoms with Crippen LogP contribution in [0.1, 0.15) is 38.4 Å². The number of piperidine rings is 1. The van der Waals surface area contributed by atoms with Gasteiger partial charge in [-0.15, -0.1) is 0 Å². The number of carbonyl (C=O) groups excluding carboxylic acids is 1. The molecule has 0 radical (unpaired) electrons. The Kier molecular flexibility index (Phi) is 5.76. The van der Waals surface area contributed by atoms with E-state index in [9.17, 15) is 4.79 Å². The van der Waals surface area contributed by atoms with E-state index in [-0.39, 0.29) is 17.6 Å². The minimum absolute atomic E-state index is 0.00831. The Morgan fingerprint density at radius 2 is 2.00 bits per heavy atom. The minimum atomic E-state index is -0.00841. The number of nitrogens with zero attached hydrogens (tertiary/aromatic N) is 1. The molecular formula is C22H27ClN2O3. The Morgan fingerprint density at radius 1 is 1.21 bits per heavy atom. The fourth-order valence-corrected chi connectivity index (χ4v) is 4.50. The van der Waals surface area contributed by atoms with Gasteiger partial charge in [0.2, 0.25) is 5.91 Å². The molecule has 4 rings (SSSR count). The molecule has 0 aliphatic carbocycles. The number of halogens is 1. The molecule has 5 nitrogen and oxygen atoms in total. The van der Waals surface area contributed by atoms with Crippen molar-refractivity contribution >= 4 is 17.5 Å².